The average molecular weight is 289 g/mol. The molecule has 0 aliphatic carbocycles. The fourth-order valence-electron chi connectivity index (χ4n) is 2.20. The van der Waals surface area contributed by atoms with Crippen LogP contribution in [0, 0.1) is 11.6 Å². The molecule has 0 unspecified atom stereocenters. The largest absolute Gasteiger partial charge is 0.459 e. The van der Waals surface area contributed by atoms with Gasteiger partial charge in [0.25, 0.3) is 0 Å². The second-order valence-corrected chi connectivity index (χ2v) is 4.60. The number of anilines is 1. The fourth-order valence-corrected chi connectivity index (χ4v) is 2.20. The van der Waals surface area contributed by atoms with E-state index in [4.69, 9.17) is 10.2 Å². The molecule has 6 heteroatoms. The van der Waals surface area contributed by atoms with Crippen LogP contribution in [0.2, 0.25) is 0 Å². The molecule has 0 bridgehead atoms. The highest BCUT2D eigenvalue weighted by Crippen LogP contribution is 2.36. The number of nitrogens with zero attached hydrogens (tertiary/aromatic N) is 1. The van der Waals surface area contributed by atoms with E-state index in [0.29, 0.717) is 17.0 Å². The van der Waals surface area contributed by atoms with Crippen molar-refractivity contribution in [1.29, 1.82) is 0 Å². The summed E-state index contributed by atoms with van der Waals surface area (Å²) < 4.78 is 32.7. The number of nitrogens with two attached hydrogens (primary N) is 1. The molecule has 0 radical (unpaired) electrons. The normalized spacial score (nSPS) is 11.0. The van der Waals surface area contributed by atoms with Gasteiger partial charge in [-0.25, -0.2) is 8.78 Å². The van der Waals surface area contributed by atoms with Gasteiger partial charge in [0, 0.05) is 18.1 Å². The first-order valence-corrected chi connectivity index (χ1v) is 6.48. The standard InChI is InChI=1S/C15H13F2N3O/c1-2-9-4-6-12(21-9)14-13(15(18)20-19-14)10-5-3-8(16)7-11(10)17/h3-7H,2H2,1H3,(H3,18,19,20). The first-order valence-electron chi connectivity index (χ1n) is 6.48. The highest BCUT2D eigenvalue weighted by molar-refractivity contribution is 5.86. The molecule has 0 saturated heterocycles. The predicted octanol–water partition coefficient (Wildman–Crippen LogP) is 3.76. The van der Waals surface area contributed by atoms with Crippen molar-refractivity contribution in [3.05, 3.63) is 47.7 Å². The van der Waals surface area contributed by atoms with E-state index >= 15 is 0 Å². The molecule has 1 aromatic carbocycles. The Balaban J connectivity index is 2.17. The van der Waals surface area contributed by atoms with Crippen molar-refractivity contribution in [1.82, 2.24) is 10.2 Å². The maximum atomic E-state index is 14.0. The van der Waals surface area contributed by atoms with Crippen LogP contribution in [0.3, 0.4) is 0 Å². The number of benzene rings is 1. The van der Waals surface area contributed by atoms with Crippen LogP contribution in [0.1, 0.15) is 12.7 Å². The number of aryl methyl sites for hydroxylation is 1. The van der Waals surface area contributed by atoms with Gasteiger partial charge in [0.05, 0.1) is 5.56 Å². The zero-order valence-corrected chi connectivity index (χ0v) is 11.3. The minimum Gasteiger partial charge on any atom is -0.459 e. The van der Waals surface area contributed by atoms with Crippen LogP contribution in [0.4, 0.5) is 14.6 Å². The summed E-state index contributed by atoms with van der Waals surface area (Å²) in [7, 11) is 0. The maximum absolute atomic E-state index is 14.0. The number of halogens is 2. The Morgan fingerprint density at radius 3 is 2.71 bits per heavy atom. The average Bonchev–Trinajstić information content (AvgIpc) is 3.06. The van der Waals surface area contributed by atoms with Gasteiger partial charge >= 0.3 is 0 Å². The number of aromatic nitrogens is 2. The van der Waals surface area contributed by atoms with Crippen molar-refractivity contribution in [3.8, 4) is 22.6 Å². The van der Waals surface area contributed by atoms with Crippen LogP contribution in [0.25, 0.3) is 22.6 Å². The number of H-pyrrole nitrogens is 1. The number of hydrogen-bond donors (Lipinski definition) is 2. The molecule has 0 saturated carbocycles. The molecule has 2 heterocycles. The van der Waals surface area contributed by atoms with E-state index in [1.807, 2.05) is 13.0 Å². The number of furan rings is 1. The lowest BCUT2D eigenvalue weighted by atomic mass is 10.0. The zero-order chi connectivity index (χ0) is 15.0. The number of aromatic amines is 1. The molecular weight excluding hydrogens is 276 g/mol. The molecule has 0 amide bonds. The van der Waals surface area contributed by atoms with Gasteiger partial charge in [-0.15, -0.1) is 0 Å². The molecule has 0 fully saturated rings. The third-order valence-corrected chi connectivity index (χ3v) is 3.25. The quantitative estimate of drug-likeness (QED) is 0.771. The van der Waals surface area contributed by atoms with Gasteiger partial charge in [0.15, 0.2) is 11.6 Å². The van der Waals surface area contributed by atoms with Crippen LogP contribution in [0.5, 0.6) is 0 Å². The van der Waals surface area contributed by atoms with Crippen molar-refractivity contribution in [2.45, 2.75) is 13.3 Å². The van der Waals surface area contributed by atoms with E-state index < -0.39 is 11.6 Å². The topological polar surface area (TPSA) is 67.8 Å². The Labute approximate surface area is 119 Å². The molecule has 3 aromatic rings. The summed E-state index contributed by atoms with van der Waals surface area (Å²) in [6, 6.07) is 6.91. The Kier molecular flexibility index (Phi) is 3.21. The van der Waals surface area contributed by atoms with Gasteiger partial charge < -0.3 is 10.2 Å². The number of nitrogen functional groups attached to an aromatic ring is 1. The van der Waals surface area contributed by atoms with Gasteiger partial charge in [-0.1, -0.05) is 6.92 Å². The predicted molar refractivity (Wildman–Crippen MR) is 75.4 cm³/mol. The number of rotatable bonds is 3. The molecular formula is C15H13F2N3O. The van der Waals surface area contributed by atoms with Crippen molar-refractivity contribution in [2.24, 2.45) is 0 Å². The van der Waals surface area contributed by atoms with Gasteiger partial charge in [0.1, 0.15) is 23.1 Å². The molecule has 3 N–H and O–H groups in total. The van der Waals surface area contributed by atoms with E-state index in [1.54, 1.807) is 6.07 Å². The summed E-state index contributed by atoms with van der Waals surface area (Å²) in [5.41, 5.74) is 6.82. The van der Waals surface area contributed by atoms with E-state index in [9.17, 15) is 8.78 Å². The minimum absolute atomic E-state index is 0.130. The molecule has 3 rings (SSSR count). The Hall–Kier alpha value is -2.63. The van der Waals surface area contributed by atoms with E-state index in [1.165, 1.54) is 12.1 Å². The van der Waals surface area contributed by atoms with Crippen LogP contribution < -0.4 is 5.73 Å². The lowest BCUT2D eigenvalue weighted by Gasteiger charge is -2.04. The van der Waals surface area contributed by atoms with Gasteiger partial charge in [-0.3, -0.25) is 5.10 Å². The van der Waals surface area contributed by atoms with Gasteiger partial charge in [-0.05, 0) is 24.3 Å². The summed E-state index contributed by atoms with van der Waals surface area (Å²) in [5, 5.41) is 6.64. The van der Waals surface area contributed by atoms with Crippen molar-refractivity contribution < 1.29 is 13.2 Å². The third-order valence-electron chi connectivity index (χ3n) is 3.25. The van der Waals surface area contributed by atoms with Crippen molar-refractivity contribution in [2.75, 3.05) is 5.73 Å². The highest BCUT2D eigenvalue weighted by Gasteiger charge is 2.20. The van der Waals surface area contributed by atoms with Crippen LogP contribution in [-0.4, -0.2) is 10.2 Å². The zero-order valence-electron chi connectivity index (χ0n) is 11.3. The molecule has 0 aliphatic rings. The smallest absolute Gasteiger partial charge is 0.153 e. The number of hydrogen-bond acceptors (Lipinski definition) is 3. The van der Waals surface area contributed by atoms with Crippen molar-refractivity contribution >= 4 is 5.82 Å². The Morgan fingerprint density at radius 2 is 2.05 bits per heavy atom. The monoisotopic (exact) mass is 289 g/mol. The lowest BCUT2D eigenvalue weighted by Crippen LogP contribution is -1.92. The van der Waals surface area contributed by atoms with Crippen LogP contribution in [-0.2, 0) is 6.42 Å². The second-order valence-electron chi connectivity index (χ2n) is 4.60. The summed E-state index contributed by atoms with van der Waals surface area (Å²) in [5.74, 6) is 0.0844. The highest BCUT2D eigenvalue weighted by atomic mass is 19.1. The third kappa shape index (κ3) is 2.29. The molecule has 0 aliphatic heterocycles. The first-order chi connectivity index (χ1) is 10.1. The first kappa shape index (κ1) is 13.4. The van der Waals surface area contributed by atoms with Gasteiger partial charge in [-0.2, -0.15) is 5.10 Å². The molecule has 4 nitrogen and oxygen atoms in total. The fraction of sp³-hybridized carbons (Fsp3) is 0.133. The SMILES string of the molecule is CCc1ccc(-c2[nH]nc(N)c2-c2ccc(F)cc2F)o1. The van der Waals surface area contributed by atoms with E-state index in [-0.39, 0.29) is 11.4 Å². The van der Waals surface area contributed by atoms with Gasteiger partial charge in [0.2, 0.25) is 0 Å². The molecule has 21 heavy (non-hydrogen) atoms. The minimum atomic E-state index is -0.702. The van der Waals surface area contributed by atoms with Crippen LogP contribution >= 0.6 is 0 Å². The Bertz CT molecular complexity index is 792. The van der Waals surface area contributed by atoms with E-state index in [0.717, 1.165) is 18.2 Å². The number of nitrogens with one attached hydrogen (secondary N) is 1. The summed E-state index contributed by atoms with van der Waals surface area (Å²) in [6.07, 6.45) is 0.740. The Morgan fingerprint density at radius 1 is 1.24 bits per heavy atom. The molecule has 0 spiro atoms. The summed E-state index contributed by atoms with van der Waals surface area (Å²) in [6.45, 7) is 1.96. The van der Waals surface area contributed by atoms with Crippen molar-refractivity contribution in [3.63, 3.8) is 0 Å². The lowest BCUT2D eigenvalue weighted by molar-refractivity contribution is 0.527. The second kappa shape index (κ2) is 5.05. The molecule has 2 aromatic heterocycles. The summed E-state index contributed by atoms with van der Waals surface area (Å²) >= 11 is 0. The molecule has 108 valence electrons. The molecule has 0 atom stereocenters. The van der Waals surface area contributed by atoms with Crippen LogP contribution in [0.15, 0.2) is 34.7 Å². The summed E-state index contributed by atoms with van der Waals surface area (Å²) in [4.78, 5) is 0. The maximum Gasteiger partial charge on any atom is 0.153 e. The van der Waals surface area contributed by atoms with E-state index in [2.05, 4.69) is 10.2 Å².